The molecule has 4 nitrogen and oxygen atoms in total. The van der Waals surface area contributed by atoms with Crippen LogP contribution in [0.4, 0.5) is 5.69 Å². The number of rotatable bonds is 3. The lowest BCUT2D eigenvalue weighted by atomic mass is 10.2. The molecular weight excluding hydrogens is 306 g/mol. The molecule has 0 spiro atoms. The summed E-state index contributed by atoms with van der Waals surface area (Å²) in [5.74, 6) is 0.695. The van der Waals surface area contributed by atoms with Gasteiger partial charge in [0.05, 0.1) is 6.26 Å². The van der Waals surface area contributed by atoms with E-state index >= 15 is 0 Å². The van der Waals surface area contributed by atoms with E-state index in [2.05, 4.69) is 10.3 Å². The number of furan rings is 1. The molecule has 3 aromatic heterocycles. The molecule has 0 unspecified atom stereocenters. The zero-order valence-electron chi connectivity index (χ0n) is 12.1. The van der Waals surface area contributed by atoms with Gasteiger partial charge in [-0.3, -0.25) is 4.40 Å². The van der Waals surface area contributed by atoms with E-state index in [4.69, 9.17) is 16.6 Å². The van der Waals surface area contributed by atoms with Crippen molar-refractivity contribution < 1.29 is 4.42 Å². The number of para-hydroxylation sites is 1. The fraction of sp³-hybridized carbons (Fsp3) is 0. The average Bonchev–Trinajstić information content (AvgIpc) is 3.23. The normalized spacial score (nSPS) is 10.8. The van der Waals surface area contributed by atoms with Crippen LogP contribution in [0, 0.1) is 0 Å². The maximum absolute atomic E-state index is 5.63. The van der Waals surface area contributed by atoms with Gasteiger partial charge in [0.15, 0.2) is 5.76 Å². The van der Waals surface area contributed by atoms with Crippen LogP contribution in [0.1, 0.15) is 5.69 Å². The second kappa shape index (κ2) is 5.70. The second-order valence-electron chi connectivity index (χ2n) is 5.04. The molecule has 0 atom stereocenters. The molecule has 0 aliphatic carbocycles. The number of fused-ring (bicyclic) bond motifs is 1. The Hall–Kier alpha value is -2.92. The van der Waals surface area contributed by atoms with Crippen LogP contribution >= 0.6 is 12.2 Å². The Morgan fingerprint density at radius 1 is 1.00 bits per heavy atom. The third-order valence-corrected chi connectivity index (χ3v) is 3.83. The van der Waals surface area contributed by atoms with Gasteiger partial charge >= 0.3 is 0 Å². The van der Waals surface area contributed by atoms with Crippen LogP contribution in [-0.2, 0) is 0 Å². The van der Waals surface area contributed by atoms with E-state index in [-0.39, 0.29) is 0 Å². The lowest BCUT2D eigenvalue weighted by Gasteiger charge is -2.09. The molecule has 0 aliphatic rings. The number of nitrogens with zero attached hydrogens (tertiary/aromatic N) is 2. The van der Waals surface area contributed by atoms with Gasteiger partial charge in [0.1, 0.15) is 22.0 Å². The summed E-state index contributed by atoms with van der Waals surface area (Å²) in [4.78, 5) is 5.26. The van der Waals surface area contributed by atoms with Crippen LogP contribution in [0.2, 0.25) is 0 Å². The van der Waals surface area contributed by atoms with Gasteiger partial charge in [-0.05, 0) is 36.4 Å². The highest BCUT2D eigenvalue weighted by atomic mass is 32.1. The van der Waals surface area contributed by atoms with E-state index < -0.39 is 0 Å². The van der Waals surface area contributed by atoms with Crippen LogP contribution in [0.5, 0.6) is 0 Å². The standard InChI is InChI=1S/C18H13N3OS/c23-18(19-13-7-2-1-3-8-13)17-16(14-9-6-12-22-14)20-15-10-4-5-11-21(15)17/h1-12H,(H,19,23). The molecule has 3 heterocycles. The van der Waals surface area contributed by atoms with Gasteiger partial charge in [-0.25, -0.2) is 4.98 Å². The first kappa shape index (κ1) is 13.7. The van der Waals surface area contributed by atoms with Gasteiger partial charge in [-0.15, -0.1) is 0 Å². The Balaban J connectivity index is 1.84. The average molecular weight is 319 g/mol. The minimum Gasteiger partial charge on any atom is -0.463 e. The number of hydrogen-bond donors (Lipinski definition) is 1. The number of nitrogens with one attached hydrogen (secondary N) is 1. The highest BCUT2D eigenvalue weighted by Crippen LogP contribution is 2.26. The molecule has 0 radical (unpaired) electrons. The largest absolute Gasteiger partial charge is 0.463 e. The van der Waals surface area contributed by atoms with Gasteiger partial charge in [-0.1, -0.05) is 36.5 Å². The van der Waals surface area contributed by atoms with Crippen molar-refractivity contribution in [3.8, 4) is 11.5 Å². The smallest absolute Gasteiger partial charge is 0.154 e. The van der Waals surface area contributed by atoms with Gasteiger partial charge in [0.2, 0.25) is 0 Å². The Kier molecular flexibility index (Phi) is 3.40. The number of imidazole rings is 1. The third-order valence-electron chi connectivity index (χ3n) is 3.53. The van der Waals surface area contributed by atoms with Crippen molar-refractivity contribution in [3.63, 3.8) is 0 Å². The van der Waals surface area contributed by atoms with E-state index in [1.807, 2.05) is 71.3 Å². The van der Waals surface area contributed by atoms with Crippen LogP contribution in [0.3, 0.4) is 0 Å². The summed E-state index contributed by atoms with van der Waals surface area (Å²) in [6.07, 6.45) is 3.58. The van der Waals surface area contributed by atoms with Crippen molar-refractivity contribution in [1.82, 2.24) is 9.38 Å². The summed E-state index contributed by atoms with van der Waals surface area (Å²) in [6, 6.07) is 19.4. The lowest BCUT2D eigenvalue weighted by Crippen LogP contribution is -2.14. The van der Waals surface area contributed by atoms with Crippen molar-refractivity contribution in [2.45, 2.75) is 0 Å². The third kappa shape index (κ3) is 2.51. The first-order chi connectivity index (χ1) is 11.3. The Morgan fingerprint density at radius 2 is 1.83 bits per heavy atom. The highest BCUT2D eigenvalue weighted by Gasteiger charge is 2.19. The van der Waals surface area contributed by atoms with E-state index in [0.29, 0.717) is 10.7 Å². The number of aromatic nitrogens is 2. The minimum atomic E-state index is 0.598. The van der Waals surface area contributed by atoms with E-state index in [0.717, 1.165) is 22.7 Å². The maximum atomic E-state index is 5.63. The number of thiocarbonyl (C=S) groups is 1. The molecule has 0 amide bonds. The predicted molar refractivity (Wildman–Crippen MR) is 94.7 cm³/mol. The SMILES string of the molecule is S=C(Nc1ccccc1)c1c(-c2ccco2)nc2ccccn12. The molecular formula is C18H13N3OS. The minimum absolute atomic E-state index is 0.598. The summed E-state index contributed by atoms with van der Waals surface area (Å²) in [7, 11) is 0. The highest BCUT2D eigenvalue weighted by molar-refractivity contribution is 7.81. The van der Waals surface area contributed by atoms with Gasteiger partial charge < -0.3 is 9.73 Å². The Labute approximate surface area is 138 Å². The van der Waals surface area contributed by atoms with Gasteiger partial charge in [0, 0.05) is 11.9 Å². The van der Waals surface area contributed by atoms with Crippen LogP contribution in [0.25, 0.3) is 17.1 Å². The van der Waals surface area contributed by atoms with Gasteiger partial charge in [-0.2, -0.15) is 0 Å². The molecule has 23 heavy (non-hydrogen) atoms. The molecule has 0 saturated carbocycles. The molecule has 0 saturated heterocycles. The molecule has 112 valence electrons. The van der Waals surface area contributed by atoms with E-state index in [9.17, 15) is 0 Å². The Morgan fingerprint density at radius 3 is 2.61 bits per heavy atom. The maximum Gasteiger partial charge on any atom is 0.154 e. The number of benzene rings is 1. The summed E-state index contributed by atoms with van der Waals surface area (Å²) in [5, 5.41) is 3.27. The van der Waals surface area contributed by atoms with E-state index in [1.165, 1.54) is 0 Å². The number of hydrogen-bond acceptors (Lipinski definition) is 3. The van der Waals surface area contributed by atoms with Crippen LogP contribution in [-0.4, -0.2) is 14.4 Å². The monoisotopic (exact) mass is 319 g/mol. The van der Waals surface area contributed by atoms with Crippen molar-refractivity contribution in [2.75, 3.05) is 5.32 Å². The predicted octanol–water partition coefficient (Wildman–Crippen LogP) is 4.38. The molecule has 0 bridgehead atoms. The molecule has 4 aromatic rings. The fourth-order valence-corrected chi connectivity index (χ4v) is 2.82. The van der Waals surface area contributed by atoms with Crippen molar-refractivity contribution in [1.29, 1.82) is 0 Å². The first-order valence-corrected chi connectivity index (χ1v) is 7.61. The zero-order chi connectivity index (χ0) is 15.6. The zero-order valence-corrected chi connectivity index (χ0v) is 13.0. The quantitative estimate of drug-likeness (QED) is 0.569. The molecule has 5 heteroatoms. The van der Waals surface area contributed by atoms with Crippen LogP contribution < -0.4 is 5.32 Å². The summed E-state index contributed by atoms with van der Waals surface area (Å²) < 4.78 is 7.50. The topological polar surface area (TPSA) is 42.5 Å². The molecule has 1 N–H and O–H groups in total. The second-order valence-corrected chi connectivity index (χ2v) is 5.44. The first-order valence-electron chi connectivity index (χ1n) is 7.20. The van der Waals surface area contributed by atoms with Crippen molar-refractivity contribution in [2.24, 2.45) is 0 Å². The van der Waals surface area contributed by atoms with Crippen LogP contribution in [0.15, 0.2) is 77.5 Å². The molecule has 4 rings (SSSR count). The molecule has 1 aromatic carbocycles. The van der Waals surface area contributed by atoms with E-state index in [1.54, 1.807) is 6.26 Å². The van der Waals surface area contributed by atoms with Crippen molar-refractivity contribution >= 4 is 28.5 Å². The molecule has 0 aliphatic heterocycles. The number of pyridine rings is 1. The Bertz CT molecular complexity index is 959. The number of anilines is 1. The summed E-state index contributed by atoms with van der Waals surface area (Å²) in [6.45, 7) is 0. The fourth-order valence-electron chi connectivity index (χ4n) is 2.51. The summed E-state index contributed by atoms with van der Waals surface area (Å²) in [5.41, 5.74) is 3.31. The van der Waals surface area contributed by atoms with Gasteiger partial charge in [0.25, 0.3) is 0 Å². The molecule has 0 fully saturated rings. The van der Waals surface area contributed by atoms with Crippen molar-refractivity contribution in [3.05, 3.63) is 78.8 Å². The summed E-state index contributed by atoms with van der Waals surface area (Å²) >= 11 is 5.63. The lowest BCUT2D eigenvalue weighted by molar-refractivity contribution is 0.580.